The van der Waals surface area contributed by atoms with Crippen molar-refractivity contribution in [3.05, 3.63) is 45.2 Å². The van der Waals surface area contributed by atoms with Gasteiger partial charge in [0, 0.05) is 23.5 Å². The van der Waals surface area contributed by atoms with Crippen LogP contribution in [0.2, 0.25) is 19.1 Å². The molecule has 0 spiro atoms. The zero-order chi connectivity index (χ0) is 15.7. The van der Waals surface area contributed by atoms with Crippen LogP contribution in [0.1, 0.15) is 6.42 Å². The molecule has 1 aromatic rings. The average Bonchev–Trinajstić information content (AvgIpc) is 2.44. The van der Waals surface area contributed by atoms with E-state index in [0.29, 0.717) is 12.4 Å². The molecule has 0 heterocycles. The molecular weight excluding hydrogens is 306 g/mol. The maximum Gasteiger partial charge on any atom is 0.127 e. The first-order valence-electron chi connectivity index (χ1n) is 6.43. The van der Waals surface area contributed by atoms with E-state index in [-0.39, 0.29) is 4.90 Å². The van der Waals surface area contributed by atoms with Crippen LogP contribution >= 0.6 is 10.0 Å². The van der Waals surface area contributed by atoms with Crippen LogP contribution in [-0.2, 0) is 0 Å². The lowest BCUT2D eigenvalue weighted by atomic mass is 10.3. The van der Waals surface area contributed by atoms with Gasteiger partial charge in [-0.2, -0.15) is 0 Å². The zero-order valence-corrected chi connectivity index (χ0v) is 13.9. The van der Waals surface area contributed by atoms with Crippen molar-refractivity contribution in [2.45, 2.75) is 30.5 Å². The van der Waals surface area contributed by atoms with E-state index >= 15 is 0 Å². The fourth-order valence-corrected chi connectivity index (χ4v) is 3.52. The Morgan fingerprint density at radius 3 is 2.24 bits per heavy atom. The van der Waals surface area contributed by atoms with Gasteiger partial charge in [0.25, 0.3) is 0 Å². The molecule has 1 rings (SSSR count). The number of azide groups is 1. The number of hydrogen-bond acceptors (Lipinski definition) is 4. The summed E-state index contributed by atoms with van der Waals surface area (Å²) in [6.45, 7) is 5.24. The van der Waals surface area contributed by atoms with Crippen LogP contribution < -0.4 is 4.74 Å². The van der Waals surface area contributed by atoms with Crippen molar-refractivity contribution in [1.29, 1.82) is 4.61 Å². The summed E-state index contributed by atoms with van der Waals surface area (Å²) in [6.07, 6.45) is 1.03. The Bertz CT molecular complexity index is 641. The summed E-state index contributed by atoms with van der Waals surface area (Å²) in [6, 6.07) is 7.60. The van der Waals surface area contributed by atoms with Gasteiger partial charge in [0.05, 0.1) is 6.61 Å². The molecule has 0 saturated heterocycles. The zero-order valence-electron chi connectivity index (χ0n) is 12.0. The minimum absolute atomic E-state index is 0.264. The van der Waals surface area contributed by atoms with Gasteiger partial charge in [-0.25, -0.2) is 4.61 Å². The van der Waals surface area contributed by atoms with Crippen molar-refractivity contribution in [2.75, 3.05) is 6.61 Å². The van der Waals surface area contributed by atoms with E-state index in [1.165, 1.54) is 18.2 Å². The quantitative estimate of drug-likeness (QED) is 0.247. The smallest absolute Gasteiger partial charge is 0.127 e. The molecule has 0 aliphatic rings. The molecule has 1 aromatic carbocycles. The second-order valence-corrected chi connectivity index (χ2v) is 9.92. The second kappa shape index (κ2) is 8.26. The molecule has 0 aromatic heterocycles. The predicted molar refractivity (Wildman–Crippen MR) is 86.1 cm³/mol. The normalized spacial score (nSPS) is 12.9. The van der Waals surface area contributed by atoms with Crippen molar-refractivity contribution in [1.82, 2.24) is 0 Å². The highest BCUT2D eigenvalue weighted by Gasteiger charge is 2.14. The molecule has 0 atom stereocenters. The summed E-state index contributed by atoms with van der Waals surface area (Å²) in [5.41, 5.74) is 16.9. The number of benzene rings is 1. The van der Waals surface area contributed by atoms with Crippen molar-refractivity contribution in [2.24, 2.45) is 9.04 Å². The third-order valence-corrected chi connectivity index (χ3v) is 5.70. The Hall–Kier alpha value is -2.08. The lowest BCUT2D eigenvalue weighted by Gasteiger charge is -2.09. The van der Waals surface area contributed by atoms with E-state index in [0.717, 1.165) is 6.42 Å². The topological polar surface area (TPSA) is 131 Å². The van der Waals surface area contributed by atoms with E-state index in [9.17, 15) is 4.61 Å². The van der Waals surface area contributed by atoms with Crippen LogP contribution in [-0.4, -0.2) is 15.4 Å². The molecule has 21 heavy (non-hydrogen) atoms. The van der Waals surface area contributed by atoms with E-state index in [2.05, 4.69) is 32.0 Å². The number of ether oxygens (including phenoxy) is 1. The van der Waals surface area contributed by atoms with E-state index in [4.69, 9.17) is 15.8 Å². The highest BCUT2D eigenvalue weighted by Crippen LogP contribution is 2.45. The van der Waals surface area contributed by atoms with Crippen molar-refractivity contribution in [3.63, 3.8) is 0 Å². The molecule has 0 aliphatic heterocycles. The molecule has 0 N–H and O–H groups in total. The number of hydrogen-bond donors (Lipinski definition) is 0. The first-order chi connectivity index (χ1) is 10.0. The van der Waals surface area contributed by atoms with Crippen LogP contribution in [0.15, 0.2) is 38.2 Å². The number of nitrogens with zero attached hydrogens (tertiary/aromatic N) is 7. The van der Waals surface area contributed by atoms with Gasteiger partial charge in [0.1, 0.15) is 15.8 Å². The van der Waals surface area contributed by atoms with Gasteiger partial charge in [-0.05, 0) is 50.8 Å². The van der Waals surface area contributed by atoms with E-state index in [1.54, 1.807) is 12.1 Å². The highest BCUT2D eigenvalue weighted by atomic mass is 32.2. The molecular formula is C11H17N7OSSi. The predicted octanol–water partition coefficient (Wildman–Crippen LogP) is 5.04. The summed E-state index contributed by atoms with van der Waals surface area (Å²) in [5, 5.41) is 0. The van der Waals surface area contributed by atoms with Gasteiger partial charge < -0.3 is 4.74 Å². The Balaban J connectivity index is 2.76. The minimum atomic E-state index is -3.20. The van der Waals surface area contributed by atoms with Crippen LogP contribution in [0.25, 0.3) is 20.9 Å². The summed E-state index contributed by atoms with van der Waals surface area (Å²) >= 11 is 0. The molecule has 0 fully saturated rings. The molecule has 10 heteroatoms. The third-order valence-electron chi connectivity index (χ3n) is 2.64. The van der Waals surface area contributed by atoms with Crippen molar-refractivity contribution >= 4 is 18.8 Å². The summed E-state index contributed by atoms with van der Waals surface area (Å²) in [5.74, 6) is 0.660. The molecule has 0 radical (unpaired) electrons. The maximum atomic E-state index is 10.1. The van der Waals surface area contributed by atoms with Gasteiger partial charge in [0.2, 0.25) is 0 Å². The lowest BCUT2D eigenvalue weighted by Crippen LogP contribution is -2.04. The molecule has 0 unspecified atom stereocenters. The van der Waals surface area contributed by atoms with Gasteiger partial charge in [-0.15, -0.1) is 0 Å². The molecule has 112 valence electrons. The molecule has 0 amide bonds. The Morgan fingerprint density at radius 2 is 1.76 bits per heavy atom. The van der Waals surface area contributed by atoms with Crippen LogP contribution in [0.4, 0.5) is 0 Å². The standard InChI is InChI=1S/C11H17N7OSSi/c1-21(2)9-3-8-19-10-4-6-11(7-5-10)20(14,17-15-12)18-16-13/h4-7,21H,3,8-9H2,1-2H3. The van der Waals surface area contributed by atoms with Crippen molar-refractivity contribution in [3.8, 4) is 5.75 Å². The molecule has 0 aliphatic carbocycles. The van der Waals surface area contributed by atoms with Gasteiger partial charge in [-0.3, -0.25) is 0 Å². The maximum absolute atomic E-state index is 10.1. The van der Waals surface area contributed by atoms with Gasteiger partial charge in [0.15, 0.2) is 0 Å². The summed E-state index contributed by atoms with van der Waals surface area (Å²) in [7, 11) is -3.75. The summed E-state index contributed by atoms with van der Waals surface area (Å²) in [4.78, 5) is 5.31. The van der Waals surface area contributed by atoms with Crippen LogP contribution in [0, 0.1) is 4.61 Å². The van der Waals surface area contributed by atoms with E-state index in [1.807, 2.05) is 0 Å². The first-order valence-corrected chi connectivity index (χ1v) is 11.1. The number of rotatable bonds is 5. The Morgan fingerprint density at radius 1 is 1.19 bits per heavy atom. The van der Waals surface area contributed by atoms with Crippen LogP contribution in [0.5, 0.6) is 5.75 Å². The van der Waals surface area contributed by atoms with E-state index < -0.39 is 18.8 Å². The van der Waals surface area contributed by atoms with Gasteiger partial charge >= 0.3 is 0 Å². The third kappa shape index (κ3) is 5.43. The average molecular weight is 323 g/mol. The molecule has 8 nitrogen and oxygen atoms in total. The first kappa shape index (κ1) is 17.0. The minimum Gasteiger partial charge on any atom is -0.494 e. The largest absolute Gasteiger partial charge is 0.494 e. The second-order valence-electron chi connectivity index (χ2n) is 4.72. The van der Waals surface area contributed by atoms with Crippen molar-refractivity contribution < 1.29 is 4.74 Å². The lowest BCUT2D eigenvalue weighted by molar-refractivity contribution is 0.317. The molecule has 0 saturated carbocycles. The molecule has 0 bridgehead atoms. The van der Waals surface area contributed by atoms with Crippen LogP contribution in [0.3, 0.4) is 0 Å². The Labute approximate surface area is 125 Å². The fraction of sp³-hybridized carbons (Fsp3) is 0.455. The monoisotopic (exact) mass is 323 g/mol. The Kier molecular flexibility index (Phi) is 6.67. The highest BCUT2D eigenvalue weighted by molar-refractivity contribution is 8.19. The van der Waals surface area contributed by atoms with Gasteiger partial charge in [-0.1, -0.05) is 19.1 Å². The summed E-state index contributed by atoms with van der Waals surface area (Å²) < 4.78 is 22.0. The fourth-order valence-electron chi connectivity index (χ4n) is 1.61. The SMILES string of the molecule is C[SiH](C)CCCOc1ccc(S(#N)(N=[N+]=[N-])N=[N+]=[N-])cc1.